The zero-order valence-corrected chi connectivity index (χ0v) is 12.9. The van der Waals surface area contributed by atoms with Gasteiger partial charge in [-0.05, 0) is 30.7 Å². The molecule has 1 aromatic carbocycles. The molecular weight excluding hydrogens is 286 g/mol. The van der Waals surface area contributed by atoms with E-state index in [0.29, 0.717) is 10.8 Å². The highest BCUT2D eigenvalue weighted by molar-refractivity contribution is 7.90. The van der Waals surface area contributed by atoms with Gasteiger partial charge in [-0.2, -0.15) is 0 Å². The number of benzene rings is 1. The summed E-state index contributed by atoms with van der Waals surface area (Å²) in [5.74, 6) is 0.507. The minimum atomic E-state index is -3.01. The van der Waals surface area contributed by atoms with E-state index in [9.17, 15) is 8.42 Å². The Labute approximate surface area is 120 Å². The van der Waals surface area contributed by atoms with Gasteiger partial charge in [-0.25, -0.2) is 8.42 Å². The number of rotatable bonds is 8. The van der Waals surface area contributed by atoms with Crippen LogP contribution in [0.25, 0.3) is 0 Å². The van der Waals surface area contributed by atoms with E-state index >= 15 is 0 Å². The Morgan fingerprint density at radius 2 is 2.11 bits per heavy atom. The van der Waals surface area contributed by atoms with Gasteiger partial charge >= 0.3 is 0 Å². The summed E-state index contributed by atoms with van der Waals surface area (Å²) in [4.78, 5) is 0. The molecule has 0 radical (unpaired) electrons. The van der Waals surface area contributed by atoms with Gasteiger partial charge in [-0.3, -0.25) is 0 Å². The van der Waals surface area contributed by atoms with E-state index in [4.69, 9.17) is 16.3 Å². The molecule has 1 N–H and O–H groups in total. The summed E-state index contributed by atoms with van der Waals surface area (Å²) in [6.07, 6.45) is 2.26. The average molecular weight is 306 g/mol. The molecule has 6 heteroatoms. The molecule has 0 aliphatic rings. The Hall–Kier alpha value is -0.780. The Bertz CT molecular complexity index is 503. The van der Waals surface area contributed by atoms with Crippen molar-refractivity contribution in [3.8, 4) is 5.75 Å². The van der Waals surface area contributed by atoms with Gasteiger partial charge in [0, 0.05) is 12.8 Å². The molecule has 19 heavy (non-hydrogen) atoms. The number of halogens is 1. The molecule has 0 aliphatic carbocycles. The fourth-order valence-electron chi connectivity index (χ4n) is 1.48. The minimum absolute atomic E-state index is 0.0108. The van der Waals surface area contributed by atoms with Crippen molar-refractivity contribution in [2.45, 2.75) is 19.9 Å². The number of ether oxygens (including phenoxy) is 1. The van der Waals surface area contributed by atoms with Crippen molar-refractivity contribution in [1.29, 1.82) is 0 Å². The van der Waals surface area contributed by atoms with Gasteiger partial charge in [0.25, 0.3) is 0 Å². The second-order valence-electron chi connectivity index (χ2n) is 4.42. The summed E-state index contributed by atoms with van der Waals surface area (Å²) in [6.45, 7) is 3.95. The Balaban J connectivity index is 2.52. The van der Waals surface area contributed by atoms with Gasteiger partial charge in [0.1, 0.15) is 12.4 Å². The zero-order valence-electron chi connectivity index (χ0n) is 11.3. The monoisotopic (exact) mass is 305 g/mol. The van der Waals surface area contributed by atoms with Crippen LogP contribution < -0.4 is 10.1 Å². The van der Waals surface area contributed by atoms with E-state index in [2.05, 4.69) is 12.2 Å². The molecule has 0 fully saturated rings. The van der Waals surface area contributed by atoms with Crippen molar-refractivity contribution >= 4 is 21.4 Å². The van der Waals surface area contributed by atoms with Crippen molar-refractivity contribution in [3.63, 3.8) is 0 Å². The lowest BCUT2D eigenvalue weighted by Crippen LogP contribution is -2.14. The smallest absolute Gasteiger partial charge is 0.150 e. The van der Waals surface area contributed by atoms with Gasteiger partial charge in [0.15, 0.2) is 9.84 Å². The van der Waals surface area contributed by atoms with Crippen LogP contribution in [0.15, 0.2) is 18.2 Å². The quantitative estimate of drug-likeness (QED) is 0.749. The topological polar surface area (TPSA) is 55.4 Å². The Morgan fingerprint density at radius 3 is 2.68 bits per heavy atom. The second-order valence-corrected chi connectivity index (χ2v) is 7.09. The summed E-state index contributed by atoms with van der Waals surface area (Å²) in [5.41, 5.74) is 1.08. The van der Waals surface area contributed by atoms with Gasteiger partial charge in [0.2, 0.25) is 0 Å². The van der Waals surface area contributed by atoms with Crippen molar-refractivity contribution in [2.24, 2.45) is 0 Å². The highest BCUT2D eigenvalue weighted by Gasteiger charge is 2.06. The third-order valence-corrected chi connectivity index (χ3v) is 3.67. The number of sulfone groups is 1. The molecule has 0 atom stereocenters. The van der Waals surface area contributed by atoms with E-state index in [-0.39, 0.29) is 12.4 Å². The summed E-state index contributed by atoms with van der Waals surface area (Å²) in [5, 5.41) is 3.79. The molecule has 0 saturated heterocycles. The fourth-order valence-corrected chi connectivity index (χ4v) is 2.13. The summed E-state index contributed by atoms with van der Waals surface area (Å²) >= 11 is 6.09. The van der Waals surface area contributed by atoms with Crippen molar-refractivity contribution < 1.29 is 13.2 Å². The third kappa shape index (κ3) is 6.80. The molecule has 0 heterocycles. The predicted octanol–water partition coefficient (Wildman–Crippen LogP) is 2.26. The van der Waals surface area contributed by atoms with E-state index in [1.165, 1.54) is 6.26 Å². The lowest BCUT2D eigenvalue weighted by atomic mass is 10.2. The number of hydrogen-bond donors (Lipinski definition) is 1. The molecule has 0 aliphatic heterocycles. The normalized spacial score (nSPS) is 11.5. The van der Waals surface area contributed by atoms with Crippen LogP contribution in [-0.4, -0.2) is 33.6 Å². The highest BCUT2D eigenvalue weighted by atomic mass is 35.5. The number of nitrogens with one attached hydrogen (secondary N) is 1. The molecule has 108 valence electrons. The summed E-state index contributed by atoms with van der Waals surface area (Å²) in [7, 11) is -3.01. The van der Waals surface area contributed by atoms with E-state index < -0.39 is 9.84 Å². The van der Waals surface area contributed by atoms with Crippen molar-refractivity contribution in [1.82, 2.24) is 5.32 Å². The van der Waals surface area contributed by atoms with Crippen molar-refractivity contribution in [3.05, 3.63) is 28.8 Å². The van der Waals surface area contributed by atoms with E-state index in [0.717, 1.165) is 25.1 Å². The van der Waals surface area contributed by atoms with Gasteiger partial charge < -0.3 is 10.1 Å². The standard InChI is InChI=1S/C13H20ClNO3S/c1-3-6-15-10-11-4-5-13(12(14)9-11)18-7-8-19(2,16)17/h4-5,9,15H,3,6-8,10H2,1-2H3. The maximum atomic E-state index is 11.0. The maximum absolute atomic E-state index is 11.0. The first kappa shape index (κ1) is 16.3. The van der Waals surface area contributed by atoms with Gasteiger partial charge in [-0.15, -0.1) is 0 Å². The molecular formula is C13H20ClNO3S. The first-order valence-corrected chi connectivity index (χ1v) is 8.66. The van der Waals surface area contributed by atoms with Crippen LogP contribution in [0.2, 0.25) is 5.02 Å². The minimum Gasteiger partial charge on any atom is -0.491 e. The van der Waals surface area contributed by atoms with Crippen LogP contribution in [0.3, 0.4) is 0 Å². The highest BCUT2D eigenvalue weighted by Crippen LogP contribution is 2.25. The van der Waals surface area contributed by atoms with Crippen LogP contribution in [0, 0.1) is 0 Å². The third-order valence-electron chi connectivity index (χ3n) is 2.46. The zero-order chi connectivity index (χ0) is 14.3. The average Bonchev–Trinajstić information content (AvgIpc) is 2.31. The lowest BCUT2D eigenvalue weighted by molar-refractivity contribution is 0.341. The summed E-state index contributed by atoms with van der Waals surface area (Å²) in [6, 6.07) is 5.53. The number of hydrogen-bond acceptors (Lipinski definition) is 4. The molecule has 1 aromatic rings. The predicted molar refractivity (Wildman–Crippen MR) is 78.7 cm³/mol. The van der Waals surface area contributed by atoms with Crippen LogP contribution in [-0.2, 0) is 16.4 Å². The van der Waals surface area contributed by atoms with Crippen LogP contribution in [0.1, 0.15) is 18.9 Å². The first-order valence-electron chi connectivity index (χ1n) is 6.22. The fraction of sp³-hybridized carbons (Fsp3) is 0.538. The molecule has 4 nitrogen and oxygen atoms in total. The largest absolute Gasteiger partial charge is 0.491 e. The SMILES string of the molecule is CCCNCc1ccc(OCCS(C)(=O)=O)c(Cl)c1. The lowest BCUT2D eigenvalue weighted by Gasteiger charge is -2.09. The van der Waals surface area contributed by atoms with Crippen molar-refractivity contribution in [2.75, 3.05) is 25.2 Å². The molecule has 0 amide bonds. The first-order chi connectivity index (χ1) is 8.92. The van der Waals surface area contributed by atoms with Crippen LogP contribution >= 0.6 is 11.6 Å². The van der Waals surface area contributed by atoms with E-state index in [1.54, 1.807) is 6.07 Å². The van der Waals surface area contributed by atoms with Crippen LogP contribution in [0.4, 0.5) is 0 Å². The molecule has 0 saturated carbocycles. The van der Waals surface area contributed by atoms with Gasteiger partial charge in [-0.1, -0.05) is 24.6 Å². The van der Waals surface area contributed by atoms with Gasteiger partial charge in [0.05, 0.1) is 10.8 Å². The van der Waals surface area contributed by atoms with Crippen LogP contribution in [0.5, 0.6) is 5.75 Å². The Kier molecular flexibility index (Phi) is 6.62. The molecule has 0 spiro atoms. The van der Waals surface area contributed by atoms with E-state index in [1.807, 2.05) is 12.1 Å². The Morgan fingerprint density at radius 1 is 1.37 bits per heavy atom. The maximum Gasteiger partial charge on any atom is 0.150 e. The summed E-state index contributed by atoms with van der Waals surface area (Å²) < 4.78 is 27.3. The molecule has 0 bridgehead atoms. The molecule has 0 aromatic heterocycles. The molecule has 0 unspecified atom stereocenters. The molecule has 1 rings (SSSR count). The second kappa shape index (κ2) is 7.72.